The summed E-state index contributed by atoms with van der Waals surface area (Å²) in [5.41, 5.74) is 1.40. The Morgan fingerprint density at radius 3 is 2.92 bits per heavy atom. The molecule has 134 valence electrons. The van der Waals surface area contributed by atoms with Crippen molar-refractivity contribution in [2.75, 3.05) is 6.61 Å². The molecular weight excluding hydrogens is 339 g/mol. The molecule has 0 aliphatic rings. The summed E-state index contributed by atoms with van der Waals surface area (Å²) in [4.78, 5) is 16.3. The van der Waals surface area contributed by atoms with E-state index < -0.39 is 17.8 Å². The monoisotopic (exact) mass is 356 g/mol. The number of aromatic amines is 1. The molecule has 3 aromatic rings. The maximum absolute atomic E-state index is 13.1. The van der Waals surface area contributed by atoms with Crippen molar-refractivity contribution in [3.63, 3.8) is 0 Å². The number of carbonyl (C=O) groups excluding carboxylic acids is 1. The Hall–Kier alpha value is -3.26. The van der Waals surface area contributed by atoms with E-state index in [-0.39, 0.29) is 18.9 Å². The molecule has 3 N–H and O–H groups in total. The highest BCUT2D eigenvalue weighted by atomic mass is 19.1. The SMILES string of the molecule is O=C(NC(CO)c1cccnc1)c1cc(COc2cccc(F)c2)[nH]n1. The smallest absolute Gasteiger partial charge is 0.272 e. The first kappa shape index (κ1) is 17.6. The maximum atomic E-state index is 13.1. The quantitative estimate of drug-likeness (QED) is 0.601. The molecule has 0 fully saturated rings. The summed E-state index contributed by atoms with van der Waals surface area (Å²) >= 11 is 0. The predicted octanol–water partition coefficient (Wildman–Crippen LogP) is 1.99. The third kappa shape index (κ3) is 4.42. The van der Waals surface area contributed by atoms with Crippen LogP contribution in [0.25, 0.3) is 0 Å². The predicted molar refractivity (Wildman–Crippen MR) is 90.8 cm³/mol. The van der Waals surface area contributed by atoms with Crippen molar-refractivity contribution in [1.29, 1.82) is 0 Å². The molecule has 1 unspecified atom stereocenters. The van der Waals surface area contributed by atoms with E-state index in [1.54, 1.807) is 36.7 Å². The van der Waals surface area contributed by atoms with Crippen molar-refractivity contribution in [2.45, 2.75) is 12.6 Å². The zero-order valence-electron chi connectivity index (χ0n) is 13.7. The molecule has 1 aromatic carbocycles. The lowest BCUT2D eigenvalue weighted by atomic mass is 10.1. The lowest BCUT2D eigenvalue weighted by molar-refractivity contribution is 0.0911. The van der Waals surface area contributed by atoms with Gasteiger partial charge in [0.25, 0.3) is 5.91 Å². The van der Waals surface area contributed by atoms with Gasteiger partial charge in [0.1, 0.15) is 23.9 Å². The van der Waals surface area contributed by atoms with Gasteiger partial charge in [-0.2, -0.15) is 5.10 Å². The molecule has 0 aliphatic heterocycles. The van der Waals surface area contributed by atoms with Gasteiger partial charge in [0, 0.05) is 18.5 Å². The number of pyridine rings is 1. The van der Waals surface area contributed by atoms with Gasteiger partial charge in [0.2, 0.25) is 0 Å². The van der Waals surface area contributed by atoms with Crippen LogP contribution in [0.4, 0.5) is 4.39 Å². The Bertz CT molecular complexity index is 870. The van der Waals surface area contributed by atoms with Crippen LogP contribution in [0.2, 0.25) is 0 Å². The van der Waals surface area contributed by atoms with E-state index in [4.69, 9.17) is 4.74 Å². The molecule has 3 rings (SSSR count). The van der Waals surface area contributed by atoms with Crippen LogP contribution in [0.1, 0.15) is 27.8 Å². The molecule has 26 heavy (non-hydrogen) atoms. The topological polar surface area (TPSA) is 100 Å². The summed E-state index contributed by atoms with van der Waals surface area (Å²) in [5.74, 6) is -0.457. The first-order valence-corrected chi connectivity index (χ1v) is 7.90. The average molecular weight is 356 g/mol. The second-order valence-corrected chi connectivity index (χ2v) is 5.52. The fraction of sp³-hybridized carbons (Fsp3) is 0.167. The van der Waals surface area contributed by atoms with Gasteiger partial charge in [-0.05, 0) is 29.8 Å². The number of amides is 1. The third-order valence-corrected chi connectivity index (χ3v) is 3.63. The standard InChI is InChI=1S/C18H17FN4O3/c19-13-4-1-5-15(7-13)26-11-14-8-16(23-22-14)18(25)21-17(10-24)12-3-2-6-20-9-12/h1-9,17,24H,10-11H2,(H,21,25)(H,22,23). The highest BCUT2D eigenvalue weighted by Gasteiger charge is 2.17. The molecule has 0 bridgehead atoms. The van der Waals surface area contributed by atoms with E-state index in [1.165, 1.54) is 18.2 Å². The molecule has 0 aliphatic carbocycles. The minimum Gasteiger partial charge on any atom is -0.487 e. The summed E-state index contributed by atoms with van der Waals surface area (Å²) in [7, 11) is 0. The summed E-state index contributed by atoms with van der Waals surface area (Å²) in [6.45, 7) is -0.160. The number of aliphatic hydroxyl groups is 1. The lowest BCUT2D eigenvalue weighted by Gasteiger charge is -2.15. The molecular formula is C18H17FN4O3. The van der Waals surface area contributed by atoms with Crippen LogP contribution >= 0.6 is 0 Å². The van der Waals surface area contributed by atoms with Crippen LogP contribution in [0, 0.1) is 5.82 Å². The minimum absolute atomic E-state index is 0.107. The number of halogens is 1. The normalized spacial score (nSPS) is 11.8. The number of nitrogens with one attached hydrogen (secondary N) is 2. The number of benzene rings is 1. The van der Waals surface area contributed by atoms with Gasteiger partial charge < -0.3 is 15.2 Å². The fourth-order valence-corrected chi connectivity index (χ4v) is 2.32. The molecule has 1 amide bonds. The molecule has 1 atom stereocenters. The van der Waals surface area contributed by atoms with Gasteiger partial charge in [-0.3, -0.25) is 14.9 Å². The van der Waals surface area contributed by atoms with Gasteiger partial charge in [-0.25, -0.2) is 4.39 Å². The van der Waals surface area contributed by atoms with Gasteiger partial charge in [0.15, 0.2) is 0 Å². The molecule has 0 saturated carbocycles. The van der Waals surface area contributed by atoms with Gasteiger partial charge in [-0.15, -0.1) is 0 Å². The van der Waals surface area contributed by atoms with E-state index in [2.05, 4.69) is 20.5 Å². The number of rotatable bonds is 7. The summed E-state index contributed by atoms with van der Waals surface area (Å²) in [6, 6.07) is 10.2. The fourth-order valence-electron chi connectivity index (χ4n) is 2.32. The molecule has 2 heterocycles. The van der Waals surface area contributed by atoms with Gasteiger partial charge >= 0.3 is 0 Å². The number of hydrogen-bond donors (Lipinski definition) is 3. The van der Waals surface area contributed by atoms with Crippen LogP contribution in [-0.2, 0) is 6.61 Å². The zero-order chi connectivity index (χ0) is 18.4. The number of ether oxygens (including phenoxy) is 1. The lowest BCUT2D eigenvalue weighted by Crippen LogP contribution is -2.31. The van der Waals surface area contributed by atoms with Crippen LogP contribution in [0.3, 0.4) is 0 Å². The maximum Gasteiger partial charge on any atom is 0.272 e. The van der Waals surface area contributed by atoms with Crippen LogP contribution in [0.15, 0.2) is 54.9 Å². The van der Waals surface area contributed by atoms with Crippen molar-refractivity contribution < 1.29 is 19.0 Å². The van der Waals surface area contributed by atoms with Crippen molar-refractivity contribution in [2.24, 2.45) is 0 Å². The van der Waals surface area contributed by atoms with E-state index in [0.29, 0.717) is 17.0 Å². The first-order chi connectivity index (χ1) is 12.7. The van der Waals surface area contributed by atoms with Gasteiger partial charge in [0.05, 0.1) is 18.3 Å². The Morgan fingerprint density at radius 2 is 2.19 bits per heavy atom. The molecule has 7 nitrogen and oxygen atoms in total. The third-order valence-electron chi connectivity index (χ3n) is 3.63. The highest BCUT2D eigenvalue weighted by Crippen LogP contribution is 2.15. The number of aliphatic hydroxyl groups excluding tert-OH is 1. The van der Waals surface area contributed by atoms with E-state index in [0.717, 1.165) is 0 Å². The van der Waals surface area contributed by atoms with Gasteiger partial charge in [-0.1, -0.05) is 12.1 Å². The van der Waals surface area contributed by atoms with Crippen molar-refractivity contribution in [3.05, 3.63) is 77.6 Å². The Balaban J connectivity index is 1.60. The van der Waals surface area contributed by atoms with Crippen molar-refractivity contribution >= 4 is 5.91 Å². The zero-order valence-corrected chi connectivity index (χ0v) is 13.7. The Morgan fingerprint density at radius 1 is 1.31 bits per heavy atom. The van der Waals surface area contributed by atoms with Crippen LogP contribution in [-0.4, -0.2) is 32.8 Å². The second kappa shape index (κ2) is 8.21. The molecule has 0 saturated heterocycles. The molecule has 0 radical (unpaired) electrons. The Labute approximate surface area is 148 Å². The number of H-pyrrole nitrogens is 1. The molecule has 2 aromatic heterocycles. The highest BCUT2D eigenvalue weighted by molar-refractivity contribution is 5.92. The van der Waals surface area contributed by atoms with Crippen LogP contribution in [0.5, 0.6) is 5.75 Å². The van der Waals surface area contributed by atoms with Crippen LogP contribution < -0.4 is 10.1 Å². The van der Waals surface area contributed by atoms with E-state index >= 15 is 0 Å². The number of carbonyl (C=O) groups is 1. The number of aromatic nitrogens is 3. The number of hydrogen-bond acceptors (Lipinski definition) is 5. The van der Waals surface area contributed by atoms with Crippen molar-refractivity contribution in [1.82, 2.24) is 20.5 Å². The van der Waals surface area contributed by atoms with E-state index in [1.807, 2.05) is 0 Å². The first-order valence-electron chi connectivity index (χ1n) is 7.90. The number of nitrogens with zero attached hydrogens (tertiary/aromatic N) is 2. The Kier molecular flexibility index (Phi) is 5.55. The molecule has 8 heteroatoms. The largest absolute Gasteiger partial charge is 0.487 e. The molecule has 0 spiro atoms. The summed E-state index contributed by atoms with van der Waals surface area (Å²) < 4.78 is 18.6. The minimum atomic E-state index is -0.583. The van der Waals surface area contributed by atoms with E-state index in [9.17, 15) is 14.3 Å². The second-order valence-electron chi connectivity index (χ2n) is 5.52. The summed E-state index contributed by atoms with van der Waals surface area (Å²) in [6.07, 6.45) is 3.18. The average Bonchev–Trinajstić information content (AvgIpc) is 3.14. The van der Waals surface area contributed by atoms with Crippen molar-refractivity contribution in [3.8, 4) is 5.75 Å². The summed E-state index contributed by atoms with van der Waals surface area (Å²) in [5, 5.41) is 18.8.